The number of nitrogens with one attached hydrogen (secondary N) is 1. The maximum Gasteiger partial charge on any atom is 0.304 e. The van der Waals surface area contributed by atoms with Crippen LogP contribution < -0.4 is 30.7 Å². The van der Waals surface area contributed by atoms with Gasteiger partial charge in [0.25, 0.3) is 0 Å². The summed E-state index contributed by atoms with van der Waals surface area (Å²) in [6.45, 7) is 7.62. The minimum Gasteiger partial charge on any atom is -0.481 e. The highest BCUT2D eigenvalue weighted by Gasteiger charge is 2.27. The molecule has 0 saturated carbocycles. The van der Waals surface area contributed by atoms with Crippen molar-refractivity contribution in [3.8, 4) is 0 Å². The summed E-state index contributed by atoms with van der Waals surface area (Å²) in [5.41, 5.74) is 12.0. The molecule has 1 amide bonds. The molecule has 2 aliphatic rings. The van der Waals surface area contributed by atoms with Gasteiger partial charge in [-0.1, -0.05) is 58.5 Å². The molecule has 4 heterocycles. The predicted molar refractivity (Wildman–Crippen MR) is 293 cm³/mol. The third kappa shape index (κ3) is 15.6. The number of anilines is 6. The number of carboxylic acids is 1. The molecule has 0 aliphatic carbocycles. The molecular formula is C50H56Cl4N10O7S2. The monoisotopic (exact) mass is 1110 g/mol. The van der Waals surface area contributed by atoms with Crippen LogP contribution in [0.5, 0.6) is 0 Å². The number of piperazine rings is 2. The molecule has 2 aromatic heterocycles. The SMILES string of the molecule is CN(CCC(=O)Nc1ccc(N2CCN(c3ccncc3)CC2)cc1)S(=O)(=O)c1cccc(Cl)c1Cl.CN(CCC(=O)O)S(=O)(=O)c1cccc(Cl)c1Cl.Nc1ccc(N2CCN(c3ccncc3)CC2)cc1. The number of carboxylic acid groups (broad SMARTS) is 1. The summed E-state index contributed by atoms with van der Waals surface area (Å²) in [5.74, 6) is -1.36. The molecule has 0 spiro atoms. The molecule has 0 atom stereocenters. The van der Waals surface area contributed by atoms with E-state index in [1.165, 1.54) is 67.6 Å². The lowest BCUT2D eigenvalue weighted by atomic mass is 10.2. The fourth-order valence-electron chi connectivity index (χ4n) is 7.67. The summed E-state index contributed by atoms with van der Waals surface area (Å²) in [4.78, 5) is 40.2. The van der Waals surface area contributed by atoms with Crippen molar-refractivity contribution in [2.45, 2.75) is 22.6 Å². The number of pyridine rings is 2. The van der Waals surface area contributed by atoms with Gasteiger partial charge in [-0.3, -0.25) is 19.6 Å². The molecule has 8 rings (SSSR count). The first-order valence-corrected chi connectivity index (χ1v) is 27.3. The van der Waals surface area contributed by atoms with Crippen molar-refractivity contribution in [3.63, 3.8) is 0 Å². The molecule has 17 nitrogen and oxygen atoms in total. The van der Waals surface area contributed by atoms with Crippen LogP contribution in [0.4, 0.5) is 34.1 Å². The van der Waals surface area contributed by atoms with Crippen LogP contribution in [-0.4, -0.2) is 132 Å². The number of nitrogens with zero attached hydrogens (tertiary/aromatic N) is 8. The van der Waals surface area contributed by atoms with Gasteiger partial charge in [-0.15, -0.1) is 0 Å². The molecule has 0 bridgehead atoms. The van der Waals surface area contributed by atoms with Crippen LogP contribution in [-0.2, 0) is 29.6 Å². The summed E-state index contributed by atoms with van der Waals surface area (Å²) >= 11 is 23.6. The van der Waals surface area contributed by atoms with Gasteiger partial charge in [0.2, 0.25) is 26.0 Å². The van der Waals surface area contributed by atoms with E-state index < -0.39 is 26.0 Å². The number of carbonyl (C=O) groups excluding carboxylic acids is 1. The number of nitrogens with two attached hydrogens (primary N) is 1. The second-order valence-corrected chi connectivity index (χ2v) is 22.3. The van der Waals surface area contributed by atoms with Gasteiger partial charge in [0, 0.05) is 145 Å². The van der Waals surface area contributed by atoms with Crippen molar-refractivity contribution in [1.82, 2.24) is 18.6 Å². The van der Waals surface area contributed by atoms with Crippen LogP contribution in [0.3, 0.4) is 0 Å². The molecule has 73 heavy (non-hydrogen) atoms. The van der Waals surface area contributed by atoms with E-state index in [0.717, 1.165) is 72.3 Å². The highest BCUT2D eigenvalue weighted by atomic mass is 35.5. The Bertz CT molecular complexity index is 2990. The highest BCUT2D eigenvalue weighted by molar-refractivity contribution is 7.89. The van der Waals surface area contributed by atoms with E-state index in [0.29, 0.717) is 5.69 Å². The minimum absolute atomic E-state index is 0.00313. The first-order valence-electron chi connectivity index (χ1n) is 22.9. The van der Waals surface area contributed by atoms with Crippen molar-refractivity contribution in [3.05, 3.63) is 154 Å². The molecule has 4 N–H and O–H groups in total. The zero-order valence-corrected chi connectivity index (χ0v) is 44.7. The van der Waals surface area contributed by atoms with Gasteiger partial charge in [-0.2, -0.15) is 0 Å². The van der Waals surface area contributed by atoms with Crippen LogP contribution in [0.2, 0.25) is 20.1 Å². The van der Waals surface area contributed by atoms with Crippen molar-refractivity contribution in [1.29, 1.82) is 0 Å². The standard InChI is InChI=1S/C25H27Cl2N5O3S.C15H18N4.C10H11Cl2NO4S/c1-30(36(34,35)23-4-2-3-22(26)25(23)27)14-11-24(33)29-19-5-7-20(8-6-19)31-15-17-32(18-16-31)21-9-12-28-13-10-21;16-13-1-3-14(4-2-13)18-9-11-19(12-10-18)15-5-7-17-8-6-15;1-13(6-5-9(14)15)18(16,17)8-4-2-3-7(11)10(8)12/h2-10,12-13H,11,14-18H2,1H3,(H,29,33);1-8H,9-12,16H2;2-4H,5-6H2,1H3,(H,14,15). The Labute approximate surface area is 446 Å². The summed E-state index contributed by atoms with van der Waals surface area (Å²) in [5, 5.41) is 11.5. The Hall–Kier alpha value is -5.90. The number of halogens is 4. The van der Waals surface area contributed by atoms with Gasteiger partial charge in [0.05, 0.1) is 26.5 Å². The van der Waals surface area contributed by atoms with Crippen molar-refractivity contribution in [2.75, 3.05) is 110 Å². The molecule has 0 radical (unpaired) electrons. The largest absolute Gasteiger partial charge is 0.481 e. The van der Waals surface area contributed by atoms with Crippen molar-refractivity contribution >= 4 is 112 Å². The summed E-state index contributed by atoms with van der Waals surface area (Å²) in [6.07, 6.45) is 7.02. The van der Waals surface area contributed by atoms with Gasteiger partial charge < -0.3 is 35.8 Å². The molecule has 6 aromatic rings. The number of aromatic nitrogens is 2. The molecule has 2 aliphatic heterocycles. The Morgan fingerprint density at radius 2 is 0.890 bits per heavy atom. The number of sulfonamides is 2. The van der Waals surface area contributed by atoms with E-state index in [2.05, 4.69) is 59.1 Å². The lowest BCUT2D eigenvalue weighted by molar-refractivity contribution is -0.137. The van der Waals surface area contributed by atoms with Crippen LogP contribution in [0.1, 0.15) is 12.8 Å². The second kappa shape index (κ2) is 26.4. The lowest BCUT2D eigenvalue weighted by Gasteiger charge is -2.37. The smallest absolute Gasteiger partial charge is 0.304 e. The van der Waals surface area contributed by atoms with Gasteiger partial charge in [-0.05, 0) is 97.1 Å². The lowest BCUT2D eigenvalue weighted by Crippen LogP contribution is -2.46. The van der Waals surface area contributed by atoms with Crippen LogP contribution in [0, 0.1) is 0 Å². The van der Waals surface area contributed by atoms with Gasteiger partial charge in [0.1, 0.15) is 9.79 Å². The van der Waals surface area contributed by atoms with E-state index in [9.17, 15) is 26.4 Å². The van der Waals surface area contributed by atoms with Gasteiger partial charge in [-0.25, -0.2) is 25.4 Å². The summed E-state index contributed by atoms with van der Waals surface area (Å²) in [7, 11) is -5.02. The third-order valence-corrected chi connectivity index (χ3v) is 17.6. The zero-order valence-electron chi connectivity index (χ0n) is 40.1. The van der Waals surface area contributed by atoms with E-state index in [-0.39, 0.29) is 61.7 Å². The topological polar surface area (TPSA) is 206 Å². The number of carbonyl (C=O) groups is 2. The molecule has 388 valence electrons. The number of hydrogen-bond donors (Lipinski definition) is 3. The van der Waals surface area contributed by atoms with Crippen LogP contribution in [0.15, 0.2) is 144 Å². The third-order valence-electron chi connectivity index (χ3n) is 11.9. The van der Waals surface area contributed by atoms with Crippen molar-refractivity contribution < 1.29 is 31.5 Å². The van der Waals surface area contributed by atoms with E-state index in [1.54, 1.807) is 12.4 Å². The minimum atomic E-state index is -3.88. The molecule has 0 unspecified atom stereocenters. The maximum absolute atomic E-state index is 12.8. The first-order chi connectivity index (χ1) is 34.8. The molecule has 23 heteroatoms. The normalized spacial score (nSPS) is 14.0. The van der Waals surface area contributed by atoms with Gasteiger partial charge in [0.15, 0.2) is 0 Å². The number of aliphatic carboxylic acids is 1. The Morgan fingerprint density at radius 1 is 0.548 bits per heavy atom. The molecule has 2 saturated heterocycles. The zero-order chi connectivity index (χ0) is 52.7. The first kappa shape index (κ1) is 56.4. The molecule has 2 fully saturated rings. The highest BCUT2D eigenvalue weighted by Crippen LogP contribution is 2.32. The number of rotatable bonds is 15. The Morgan fingerprint density at radius 3 is 1.26 bits per heavy atom. The molecular weight excluding hydrogens is 1060 g/mol. The fraction of sp³-hybridized carbons (Fsp3) is 0.280. The fourth-order valence-corrected chi connectivity index (χ4v) is 11.5. The van der Waals surface area contributed by atoms with E-state index in [1.807, 2.05) is 60.9 Å². The number of benzene rings is 4. The maximum atomic E-state index is 12.8. The average molecular weight is 1120 g/mol. The summed E-state index contributed by atoms with van der Waals surface area (Å²) < 4.78 is 51.9. The number of amides is 1. The van der Waals surface area contributed by atoms with Crippen LogP contribution in [0.25, 0.3) is 0 Å². The average Bonchev–Trinajstić information content (AvgIpc) is 3.40. The summed E-state index contributed by atoms with van der Waals surface area (Å²) in [6, 6.07) is 32.7. The Balaban J connectivity index is 0.000000197. The number of nitrogen functional groups attached to an aromatic ring is 1. The van der Waals surface area contributed by atoms with E-state index >= 15 is 0 Å². The molecule has 4 aromatic carbocycles. The predicted octanol–water partition coefficient (Wildman–Crippen LogP) is 8.44. The quantitative estimate of drug-likeness (QED) is 0.0826. The van der Waals surface area contributed by atoms with Crippen LogP contribution >= 0.6 is 46.4 Å². The number of hydrogen-bond acceptors (Lipinski definition) is 13. The Kier molecular flexibility index (Phi) is 20.4. The van der Waals surface area contributed by atoms with Gasteiger partial charge >= 0.3 is 5.97 Å². The van der Waals surface area contributed by atoms with Crippen molar-refractivity contribution in [2.24, 2.45) is 0 Å². The van der Waals surface area contributed by atoms with E-state index in [4.69, 9.17) is 57.2 Å². The second-order valence-electron chi connectivity index (χ2n) is 16.7.